The van der Waals surface area contributed by atoms with Crippen molar-refractivity contribution in [2.24, 2.45) is 0 Å². The number of pyridine rings is 1. The lowest BCUT2D eigenvalue weighted by molar-refractivity contribution is 0.0744. The Hall–Kier alpha value is -2.54. The second-order valence-corrected chi connectivity index (χ2v) is 7.59. The molecule has 7 heteroatoms. The van der Waals surface area contributed by atoms with Crippen LogP contribution < -0.4 is 5.32 Å². The highest BCUT2D eigenvalue weighted by Gasteiger charge is 2.29. The van der Waals surface area contributed by atoms with E-state index in [2.05, 4.69) is 27.2 Å². The van der Waals surface area contributed by atoms with Crippen molar-refractivity contribution in [1.82, 2.24) is 19.9 Å². The van der Waals surface area contributed by atoms with E-state index in [4.69, 9.17) is 0 Å². The van der Waals surface area contributed by atoms with Crippen LogP contribution in [-0.2, 0) is 0 Å². The van der Waals surface area contributed by atoms with E-state index in [0.29, 0.717) is 11.6 Å². The molecule has 1 aliphatic heterocycles. The number of carbonyl (C=O) groups excluding carboxylic acids is 1. The topological polar surface area (TPSA) is 71.0 Å². The van der Waals surface area contributed by atoms with Crippen LogP contribution in [0.5, 0.6) is 0 Å². The summed E-state index contributed by atoms with van der Waals surface area (Å²) in [6.45, 7) is 4.93. The Balaban J connectivity index is 1.67. The van der Waals surface area contributed by atoms with Gasteiger partial charge in [0.1, 0.15) is 0 Å². The quantitative estimate of drug-likeness (QED) is 0.758. The average molecular weight is 367 g/mol. The fourth-order valence-electron chi connectivity index (χ4n) is 3.35. The van der Waals surface area contributed by atoms with E-state index in [-0.39, 0.29) is 18.0 Å². The maximum Gasteiger partial charge on any atom is 0.274 e. The van der Waals surface area contributed by atoms with Crippen LogP contribution >= 0.6 is 11.3 Å². The summed E-state index contributed by atoms with van der Waals surface area (Å²) in [4.78, 5) is 28.3. The molecule has 4 rings (SSSR count). The standard InChI is InChI=1S/C19H21N5OS/c1-12-5-4-9-24(12)18(25)16-17-15(7-10-26-17)22-19(23-16)21-13(2)14-6-3-8-20-11-14/h3,6-8,10-13H,4-5,9H2,1-2H3,(H,21,22,23)/t12-,13+/m1/s1. The number of carbonyl (C=O) groups is 1. The summed E-state index contributed by atoms with van der Waals surface area (Å²) in [7, 11) is 0. The molecule has 0 radical (unpaired) electrons. The molecule has 134 valence electrons. The lowest BCUT2D eigenvalue weighted by atomic mass is 10.1. The molecule has 4 heterocycles. The summed E-state index contributed by atoms with van der Waals surface area (Å²) < 4.78 is 0.855. The molecule has 1 fully saturated rings. The van der Waals surface area contributed by atoms with Crippen molar-refractivity contribution in [3.63, 3.8) is 0 Å². The van der Waals surface area contributed by atoms with Crippen LogP contribution in [0.4, 0.5) is 5.95 Å². The second kappa shape index (κ2) is 6.99. The third-order valence-electron chi connectivity index (χ3n) is 4.85. The Morgan fingerprint density at radius 2 is 2.27 bits per heavy atom. The first-order valence-electron chi connectivity index (χ1n) is 8.86. The van der Waals surface area contributed by atoms with Gasteiger partial charge in [0, 0.05) is 25.0 Å². The molecule has 0 spiro atoms. The van der Waals surface area contributed by atoms with E-state index in [0.717, 1.165) is 35.2 Å². The van der Waals surface area contributed by atoms with Crippen molar-refractivity contribution in [3.05, 3.63) is 47.2 Å². The van der Waals surface area contributed by atoms with Gasteiger partial charge in [0.05, 0.1) is 16.3 Å². The van der Waals surface area contributed by atoms with Crippen LogP contribution in [0.25, 0.3) is 10.2 Å². The van der Waals surface area contributed by atoms with Gasteiger partial charge in [0.25, 0.3) is 5.91 Å². The van der Waals surface area contributed by atoms with Gasteiger partial charge < -0.3 is 10.2 Å². The fourth-order valence-corrected chi connectivity index (χ4v) is 4.17. The van der Waals surface area contributed by atoms with Gasteiger partial charge in [-0.2, -0.15) is 0 Å². The van der Waals surface area contributed by atoms with Crippen LogP contribution in [-0.4, -0.2) is 38.3 Å². The minimum absolute atomic E-state index is 0.00179. The van der Waals surface area contributed by atoms with Crippen LogP contribution in [0.3, 0.4) is 0 Å². The monoisotopic (exact) mass is 367 g/mol. The predicted octanol–water partition coefficient (Wildman–Crippen LogP) is 3.88. The molecular formula is C19H21N5OS. The fraction of sp³-hybridized carbons (Fsp3) is 0.368. The van der Waals surface area contributed by atoms with Crippen LogP contribution in [0.15, 0.2) is 36.0 Å². The smallest absolute Gasteiger partial charge is 0.274 e. The number of fused-ring (bicyclic) bond motifs is 1. The summed E-state index contributed by atoms with van der Waals surface area (Å²) in [5.41, 5.74) is 2.35. The first kappa shape index (κ1) is 16.9. The van der Waals surface area contributed by atoms with Gasteiger partial charge in [-0.3, -0.25) is 9.78 Å². The number of hydrogen-bond acceptors (Lipinski definition) is 6. The third kappa shape index (κ3) is 3.14. The van der Waals surface area contributed by atoms with Gasteiger partial charge in [0.2, 0.25) is 5.95 Å². The first-order valence-corrected chi connectivity index (χ1v) is 9.74. The van der Waals surface area contributed by atoms with Gasteiger partial charge in [-0.1, -0.05) is 6.07 Å². The minimum atomic E-state index is -0.00607. The Kier molecular flexibility index (Phi) is 4.55. The predicted molar refractivity (Wildman–Crippen MR) is 103 cm³/mol. The molecule has 26 heavy (non-hydrogen) atoms. The lowest BCUT2D eigenvalue weighted by Gasteiger charge is -2.21. The van der Waals surface area contributed by atoms with E-state index < -0.39 is 0 Å². The van der Waals surface area contributed by atoms with Gasteiger partial charge >= 0.3 is 0 Å². The van der Waals surface area contributed by atoms with E-state index in [9.17, 15) is 4.79 Å². The summed E-state index contributed by atoms with van der Waals surface area (Å²) in [5.74, 6) is 0.476. The zero-order valence-electron chi connectivity index (χ0n) is 14.8. The molecule has 1 N–H and O–H groups in total. The SMILES string of the molecule is C[C@H](Nc1nc(C(=O)N2CCC[C@H]2C)c2sccc2n1)c1cccnc1. The van der Waals surface area contributed by atoms with Crippen LogP contribution in [0.2, 0.25) is 0 Å². The summed E-state index contributed by atoms with van der Waals surface area (Å²) in [6.07, 6.45) is 5.67. The number of rotatable bonds is 4. The summed E-state index contributed by atoms with van der Waals surface area (Å²) >= 11 is 1.52. The number of anilines is 1. The zero-order chi connectivity index (χ0) is 18.1. The maximum atomic E-state index is 13.1. The second-order valence-electron chi connectivity index (χ2n) is 6.67. The molecule has 0 aliphatic carbocycles. The highest BCUT2D eigenvalue weighted by Crippen LogP contribution is 2.28. The molecule has 1 aliphatic rings. The van der Waals surface area contributed by atoms with Crippen LogP contribution in [0, 0.1) is 0 Å². The molecule has 0 unspecified atom stereocenters. The number of amides is 1. The van der Waals surface area contributed by atoms with E-state index >= 15 is 0 Å². The molecule has 1 saturated heterocycles. The third-order valence-corrected chi connectivity index (χ3v) is 5.76. The van der Waals surface area contributed by atoms with Crippen molar-refractivity contribution in [1.29, 1.82) is 0 Å². The van der Waals surface area contributed by atoms with Crippen molar-refractivity contribution in [2.45, 2.75) is 38.8 Å². The Morgan fingerprint density at radius 3 is 3.00 bits per heavy atom. The van der Waals surface area contributed by atoms with Gasteiger partial charge in [-0.15, -0.1) is 11.3 Å². The Bertz CT molecular complexity index is 926. The zero-order valence-corrected chi connectivity index (χ0v) is 15.7. The lowest BCUT2D eigenvalue weighted by Crippen LogP contribution is -2.34. The highest BCUT2D eigenvalue weighted by atomic mass is 32.1. The Morgan fingerprint density at radius 1 is 1.38 bits per heavy atom. The molecule has 6 nitrogen and oxygen atoms in total. The molecule has 1 amide bonds. The van der Waals surface area contributed by atoms with E-state index in [1.165, 1.54) is 11.3 Å². The minimum Gasteiger partial charge on any atom is -0.348 e. The molecule has 0 bridgehead atoms. The van der Waals surface area contributed by atoms with Crippen molar-refractivity contribution in [2.75, 3.05) is 11.9 Å². The molecule has 2 atom stereocenters. The van der Waals surface area contributed by atoms with Crippen LogP contribution in [0.1, 0.15) is 48.8 Å². The summed E-state index contributed by atoms with van der Waals surface area (Å²) in [5, 5.41) is 5.27. The molecule has 0 saturated carbocycles. The number of nitrogens with zero attached hydrogens (tertiary/aromatic N) is 4. The first-order chi connectivity index (χ1) is 12.6. The number of likely N-dealkylation sites (tertiary alicyclic amines) is 1. The van der Waals surface area contributed by atoms with Gasteiger partial charge in [0.15, 0.2) is 5.69 Å². The highest BCUT2D eigenvalue weighted by molar-refractivity contribution is 7.17. The molecule has 3 aromatic heterocycles. The summed E-state index contributed by atoms with van der Waals surface area (Å²) in [6, 6.07) is 6.10. The normalized spacial score (nSPS) is 18.2. The Labute approximate surface area is 156 Å². The number of hydrogen-bond donors (Lipinski definition) is 1. The number of nitrogens with one attached hydrogen (secondary N) is 1. The van der Waals surface area contributed by atoms with E-state index in [1.807, 2.05) is 41.6 Å². The van der Waals surface area contributed by atoms with Gasteiger partial charge in [-0.25, -0.2) is 9.97 Å². The van der Waals surface area contributed by atoms with Gasteiger partial charge in [-0.05, 0) is 49.8 Å². The number of aromatic nitrogens is 3. The molecular weight excluding hydrogens is 346 g/mol. The molecule has 0 aromatic carbocycles. The maximum absolute atomic E-state index is 13.1. The van der Waals surface area contributed by atoms with Crippen molar-refractivity contribution in [3.8, 4) is 0 Å². The number of thiophene rings is 1. The van der Waals surface area contributed by atoms with Crippen molar-refractivity contribution >= 4 is 33.4 Å². The largest absolute Gasteiger partial charge is 0.348 e. The van der Waals surface area contributed by atoms with Crippen molar-refractivity contribution < 1.29 is 4.79 Å². The van der Waals surface area contributed by atoms with E-state index in [1.54, 1.807) is 6.20 Å². The molecule has 3 aromatic rings. The average Bonchev–Trinajstić information content (AvgIpc) is 3.30.